The van der Waals surface area contributed by atoms with Crippen LogP contribution in [-0.2, 0) is 16.1 Å². The van der Waals surface area contributed by atoms with Gasteiger partial charge in [-0.3, -0.25) is 9.59 Å². The molecule has 2 saturated carbocycles. The third-order valence-electron chi connectivity index (χ3n) is 4.61. The molecule has 112 valence electrons. The predicted molar refractivity (Wildman–Crippen MR) is 80.4 cm³/mol. The number of hydrogen-bond donors (Lipinski definition) is 2. The second kappa shape index (κ2) is 5.88. The van der Waals surface area contributed by atoms with Crippen LogP contribution in [0.5, 0.6) is 0 Å². The van der Waals surface area contributed by atoms with Crippen LogP contribution in [0.25, 0.3) is 0 Å². The third-order valence-corrected chi connectivity index (χ3v) is 4.61. The molecule has 0 heterocycles. The zero-order valence-electron chi connectivity index (χ0n) is 12.2. The molecule has 1 aromatic rings. The lowest BCUT2D eigenvalue weighted by atomic mass is 10.0. The Kier molecular flexibility index (Phi) is 3.95. The number of rotatable bonds is 5. The first-order chi connectivity index (χ1) is 10.2. The van der Waals surface area contributed by atoms with Crippen LogP contribution in [0, 0.1) is 5.41 Å². The summed E-state index contributed by atoms with van der Waals surface area (Å²) in [7, 11) is 0. The SMILES string of the molecule is O=C(NCc1ccccc1)C1(C(=O)NC2CCCC2)CC1. The van der Waals surface area contributed by atoms with Gasteiger partial charge in [0.25, 0.3) is 0 Å². The zero-order valence-corrected chi connectivity index (χ0v) is 12.2. The van der Waals surface area contributed by atoms with Gasteiger partial charge in [-0.15, -0.1) is 0 Å². The number of carbonyl (C=O) groups is 2. The quantitative estimate of drug-likeness (QED) is 0.815. The molecule has 4 nitrogen and oxygen atoms in total. The molecule has 0 bridgehead atoms. The van der Waals surface area contributed by atoms with Crippen LogP contribution in [0.4, 0.5) is 0 Å². The van der Waals surface area contributed by atoms with Gasteiger partial charge in [0.05, 0.1) is 0 Å². The first-order valence-electron chi connectivity index (χ1n) is 7.84. The normalized spacial score (nSPS) is 20.0. The van der Waals surface area contributed by atoms with Gasteiger partial charge in [-0.05, 0) is 31.2 Å². The summed E-state index contributed by atoms with van der Waals surface area (Å²) in [5.41, 5.74) is 0.259. The van der Waals surface area contributed by atoms with Crippen molar-refractivity contribution in [3.8, 4) is 0 Å². The number of benzene rings is 1. The van der Waals surface area contributed by atoms with E-state index in [-0.39, 0.29) is 17.9 Å². The van der Waals surface area contributed by atoms with Crippen molar-refractivity contribution in [2.24, 2.45) is 5.41 Å². The van der Waals surface area contributed by atoms with E-state index in [1.54, 1.807) is 0 Å². The van der Waals surface area contributed by atoms with E-state index in [0.717, 1.165) is 18.4 Å². The first-order valence-corrected chi connectivity index (χ1v) is 7.84. The Morgan fingerprint density at radius 2 is 1.71 bits per heavy atom. The van der Waals surface area contributed by atoms with Crippen molar-refractivity contribution in [1.29, 1.82) is 0 Å². The van der Waals surface area contributed by atoms with Crippen molar-refractivity contribution in [2.45, 2.75) is 51.1 Å². The number of carbonyl (C=O) groups excluding carboxylic acids is 2. The van der Waals surface area contributed by atoms with Crippen molar-refractivity contribution in [1.82, 2.24) is 10.6 Å². The molecule has 2 aliphatic rings. The summed E-state index contributed by atoms with van der Waals surface area (Å²) >= 11 is 0. The Morgan fingerprint density at radius 3 is 2.33 bits per heavy atom. The van der Waals surface area contributed by atoms with E-state index < -0.39 is 5.41 Å². The van der Waals surface area contributed by atoms with E-state index >= 15 is 0 Å². The fourth-order valence-corrected chi connectivity index (χ4v) is 3.02. The average molecular weight is 286 g/mol. The highest BCUT2D eigenvalue weighted by atomic mass is 16.2. The molecular weight excluding hydrogens is 264 g/mol. The summed E-state index contributed by atoms with van der Waals surface area (Å²) in [6, 6.07) is 10.1. The predicted octanol–water partition coefficient (Wildman–Crippen LogP) is 2.14. The summed E-state index contributed by atoms with van der Waals surface area (Å²) in [6.45, 7) is 0.484. The lowest BCUT2D eigenvalue weighted by Crippen LogP contribution is -2.45. The number of nitrogens with one attached hydrogen (secondary N) is 2. The van der Waals surface area contributed by atoms with E-state index in [0.29, 0.717) is 19.4 Å². The maximum Gasteiger partial charge on any atom is 0.235 e. The molecule has 3 rings (SSSR count). The topological polar surface area (TPSA) is 58.2 Å². The van der Waals surface area contributed by atoms with E-state index in [1.807, 2.05) is 30.3 Å². The van der Waals surface area contributed by atoms with Crippen molar-refractivity contribution >= 4 is 11.8 Å². The van der Waals surface area contributed by atoms with E-state index in [2.05, 4.69) is 10.6 Å². The Morgan fingerprint density at radius 1 is 1.05 bits per heavy atom. The molecule has 0 radical (unpaired) electrons. The minimum Gasteiger partial charge on any atom is -0.352 e. The Balaban J connectivity index is 1.54. The maximum absolute atomic E-state index is 12.4. The molecule has 21 heavy (non-hydrogen) atoms. The standard InChI is InChI=1S/C17H22N2O2/c20-15(18-12-13-6-2-1-3-7-13)17(10-11-17)16(21)19-14-8-4-5-9-14/h1-3,6-7,14H,4-5,8-12H2,(H,18,20)(H,19,21). The van der Waals surface area contributed by atoms with E-state index in [4.69, 9.17) is 0 Å². The van der Waals surface area contributed by atoms with Gasteiger partial charge in [-0.2, -0.15) is 0 Å². The van der Waals surface area contributed by atoms with Crippen LogP contribution in [-0.4, -0.2) is 17.9 Å². The highest BCUT2D eigenvalue weighted by molar-refractivity contribution is 6.07. The fourth-order valence-electron chi connectivity index (χ4n) is 3.02. The summed E-state index contributed by atoms with van der Waals surface area (Å²) in [5, 5.41) is 5.97. The third kappa shape index (κ3) is 3.09. The second-order valence-electron chi connectivity index (χ2n) is 6.21. The van der Waals surface area contributed by atoms with E-state index in [9.17, 15) is 9.59 Å². The monoisotopic (exact) mass is 286 g/mol. The minimum atomic E-state index is -0.794. The summed E-state index contributed by atoms with van der Waals surface area (Å²) in [5.74, 6) is -0.193. The smallest absolute Gasteiger partial charge is 0.235 e. The molecule has 2 aliphatic carbocycles. The Labute approximate surface area is 125 Å². The van der Waals surface area contributed by atoms with Gasteiger partial charge in [0, 0.05) is 12.6 Å². The van der Waals surface area contributed by atoms with Crippen LogP contribution in [0.3, 0.4) is 0 Å². The Bertz CT molecular complexity index is 517. The molecular formula is C17H22N2O2. The van der Waals surface area contributed by atoms with Crippen LogP contribution in [0.2, 0.25) is 0 Å². The molecule has 2 amide bonds. The van der Waals surface area contributed by atoms with Crippen molar-refractivity contribution in [3.63, 3.8) is 0 Å². The van der Waals surface area contributed by atoms with Gasteiger partial charge in [0.15, 0.2) is 0 Å². The van der Waals surface area contributed by atoms with Crippen LogP contribution in [0.1, 0.15) is 44.1 Å². The second-order valence-corrected chi connectivity index (χ2v) is 6.21. The number of amides is 2. The average Bonchev–Trinajstić information content (AvgIpc) is 3.18. The van der Waals surface area contributed by atoms with Gasteiger partial charge in [0.1, 0.15) is 5.41 Å². The van der Waals surface area contributed by atoms with Crippen LogP contribution < -0.4 is 10.6 Å². The molecule has 2 fully saturated rings. The van der Waals surface area contributed by atoms with Gasteiger partial charge >= 0.3 is 0 Å². The van der Waals surface area contributed by atoms with Crippen LogP contribution >= 0.6 is 0 Å². The Hall–Kier alpha value is -1.84. The van der Waals surface area contributed by atoms with Crippen molar-refractivity contribution in [3.05, 3.63) is 35.9 Å². The molecule has 0 spiro atoms. The zero-order chi connectivity index (χ0) is 14.7. The van der Waals surface area contributed by atoms with Crippen LogP contribution in [0.15, 0.2) is 30.3 Å². The lowest BCUT2D eigenvalue weighted by Gasteiger charge is -2.18. The molecule has 0 aromatic heterocycles. The lowest BCUT2D eigenvalue weighted by molar-refractivity contribution is -0.137. The molecule has 0 saturated heterocycles. The highest BCUT2D eigenvalue weighted by Gasteiger charge is 2.56. The van der Waals surface area contributed by atoms with Crippen molar-refractivity contribution in [2.75, 3.05) is 0 Å². The number of hydrogen-bond acceptors (Lipinski definition) is 2. The summed E-state index contributed by atoms with van der Waals surface area (Å²) in [4.78, 5) is 24.7. The van der Waals surface area contributed by atoms with Gasteiger partial charge < -0.3 is 10.6 Å². The minimum absolute atomic E-state index is 0.0695. The maximum atomic E-state index is 12.4. The summed E-state index contributed by atoms with van der Waals surface area (Å²) < 4.78 is 0. The first kappa shape index (κ1) is 14.1. The summed E-state index contributed by atoms with van der Waals surface area (Å²) in [6.07, 6.45) is 5.80. The van der Waals surface area contributed by atoms with Gasteiger partial charge in [-0.1, -0.05) is 43.2 Å². The van der Waals surface area contributed by atoms with Crippen molar-refractivity contribution < 1.29 is 9.59 Å². The fraction of sp³-hybridized carbons (Fsp3) is 0.529. The molecule has 1 aromatic carbocycles. The molecule has 0 aliphatic heterocycles. The molecule has 0 atom stereocenters. The highest BCUT2D eigenvalue weighted by Crippen LogP contribution is 2.46. The largest absolute Gasteiger partial charge is 0.352 e. The molecule has 0 unspecified atom stereocenters. The molecule has 4 heteroatoms. The van der Waals surface area contributed by atoms with Gasteiger partial charge in [0.2, 0.25) is 11.8 Å². The van der Waals surface area contributed by atoms with E-state index in [1.165, 1.54) is 12.8 Å². The van der Waals surface area contributed by atoms with Gasteiger partial charge in [-0.25, -0.2) is 0 Å². The molecule has 2 N–H and O–H groups in total.